The van der Waals surface area contributed by atoms with E-state index in [4.69, 9.17) is 0 Å². The number of halogens is 3. The number of hydrogen-bond donors (Lipinski definition) is 0. The monoisotopic (exact) mass is 202 g/mol. The van der Waals surface area contributed by atoms with Crippen molar-refractivity contribution in [2.75, 3.05) is 7.11 Å². The summed E-state index contributed by atoms with van der Waals surface area (Å²) in [5, 5.41) is 0. The molecule has 0 radical (unpaired) electrons. The zero-order valence-electron chi connectivity index (χ0n) is 7.51. The van der Waals surface area contributed by atoms with Crippen molar-refractivity contribution in [1.82, 2.24) is 0 Å². The van der Waals surface area contributed by atoms with E-state index in [9.17, 15) is 13.2 Å². The number of allylic oxidation sites excluding steroid dienone is 1. The molecule has 0 aliphatic rings. The average Bonchev–Trinajstić information content (AvgIpc) is 2.14. The second-order valence-electron chi connectivity index (χ2n) is 2.62. The average molecular weight is 202 g/mol. The summed E-state index contributed by atoms with van der Waals surface area (Å²) in [6.45, 7) is 0. The molecule has 1 rings (SSSR count). The van der Waals surface area contributed by atoms with Crippen LogP contribution in [0.5, 0.6) is 0 Å². The maximum Gasteiger partial charge on any atom is 0.413 e. The van der Waals surface area contributed by atoms with Gasteiger partial charge in [-0.25, -0.2) is 0 Å². The number of methoxy groups -OCH3 is 1. The summed E-state index contributed by atoms with van der Waals surface area (Å²) in [6.07, 6.45) is -4.22. The van der Waals surface area contributed by atoms with Crippen LogP contribution in [-0.4, -0.2) is 13.3 Å². The van der Waals surface area contributed by atoms with E-state index in [1.807, 2.05) is 0 Å². The van der Waals surface area contributed by atoms with Gasteiger partial charge in [-0.2, -0.15) is 13.2 Å². The molecule has 1 aromatic rings. The Balaban J connectivity index is 3.00. The van der Waals surface area contributed by atoms with Crippen LogP contribution in [0.15, 0.2) is 36.4 Å². The molecule has 0 spiro atoms. The van der Waals surface area contributed by atoms with E-state index in [1.54, 1.807) is 30.3 Å². The standard InChI is InChI=1S/C10H9F3O/c1-14-9(7-10(11,12)13)8-5-3-2-4-6-8/h2-7H,1H3. The Morgan fingerprint density at radius 1 is 1.21 bits per heavy atom. The first-order chi connectivity index (χ1) is 6.53. The topological polar surface area (TPSA) is 9.23 Å². The largest absolute Gasteiger partial charge is 0.496 e. The maximum absolute atomic E-state index is 12.0. The molecule has 0 heterocycles. The summed E-state index contributed by atoms with van der Waals surface area (Å²) in [5.41, 5.74) is 0.410. The highest BCUT2D eigenvalue weighted by Gasteiger charge is 2.25. The number of hydrogen-bond acceptors (Lipinski definition) is 1. The first-order valence-corrected chi connectivity index (χ1v) is 3.92. The van der Waals surface area contributed by atoms with Crippen molar-refractivity contribution in [3.8, 4) is 0 Å². The minimum absolute atomic E-state index is 0.141. The Hall–Kier alpha value is -1.45. The zero-order valence-corrected chi connectivity index (χ0v) is 7.51. The van der Waals surface area contributed by atoms with Crippen LogP contribution in [0.4, 0.5) is 13.2 Å². The molecule has 0 saturated carbocycles. The van der Waals surface area contributed by atoms with Gasteiger partial charge in [0.15, 0.2) is 0 Å². The predicted molar refractivity (Wildman–Crippen MR) is 47.5 cm³/mol. The third-order valence-corrected chi connectivity index (χ3v) is 1.57. The normalized spacial score (nSPS) is 12.7. The minimum atomic E-state index is -4.36. The third-order valence-electron chi connectivity index (χ3n) is 1.57. The smallest absolute Gasteiger partial charge is 0.413 e. The van der Waals surface area contributed by atoms with Gasteiger partial charge in [0.2, 0.25) is 0 Å². The third kappa shape index (κ3) is 3.12. The van der Waals surface area contributed by atoms with Crippen LogP contribution in [-0.2, 0) is 4.74 Å². The summed E-state index contributed by atoms with van der Waals surface area (Å²) in [5.74, 6) is -0.182. The van der Waals surface area contributed by atoms with E-state index < -0.39 is 6.18 Å². The van der Waals surface area contributed by atoms with E-state index in [-0.39, 0.29) is 11.8 Å². The Morgan fingerprint density at radius 2 is 1.79 bits per heavy atom. The quantitative estimate of drug-likeness (QED) is 0.669. The highest BCUT2D eigenvalue weighted by molar-refractivity contribution is 5.60. The molecule has 0 aliphatic heterocycles. The highest BCUT2D eigenvalue weighted by Crippen LogP contribution is 2.24. The lowest BCUT2D eigenvalue weighted by molar-refractivity contribution is -0.0804. The molecule has 0 amide bonds. The molecule has 4 heteroatoms. The predicted octanol–water partition coefficient (Wildman–Crippen LogP) is 3.24. The van der Waals surface area contributed by atoms with Gasteiger partial charge in [-0.15, -0.1) is 0 Å². The van der Waals surface area contributed by atoms with Gasteiger partial charge in [0.1, 0.15) is 5.76 Å². The van der Waals surface area contributed by atoms with E-state index >= 15 is 0 Å². The second-order valence-corrected chi connectivity index (χ2v) is 2.62. The van der Waals surface area contributed by atoms with E-state index in [2.05, 4.69) is 4.74 Å². The molecular weight excluding hydrogens is 193 g/mol. The van der Waals surface area contributed by atoms with Gasteiger partial charge in [0.25, 0.3) is 0 Å². The summed E-state index contributed by atoms with van der Waals surface area (Å²) in [4.78, 5) is 0. The molecule has 0 aromatic heterocycles. The van der Waals surface area contributed by atoms with Crippen LogP contribution in [0.1, 0.15) is 5.56 Å². The number of rotatable bonds is 2. The van der Waals surface area contributed by atoms with Crippen LogP contribution < -0.4 is 0 Å². The Labute approximate surface area is 79.8 Å². The Morgan fingerprint density at radius 3 is 2.21 bits per heavy atom. The number of ether oxygens (including phenoxy) is 1. The van der Waals surface area contributed by atoms with Gasteiger partial charge in [-0.1, -0.05) is 30.3 Å². The zero-order chi connectivity index (χ0) is 10.6. The van der Waals surface area contributed by atoms with Gasteiger partial charge in [-0.3, -0.25) is 0 Å². The van der Waals surface area contributed by atoms with Crippen molar-refractivity contribution >= 4 is 5.76 Å². The molecule has 0 atom stereocenters. The SMILES string of the molecule is COC(=CC(F)(F)F)c1ccccc1. The fourth-order valence-electron chi connectivity index (χ4n) is 1.01. The van der Waals surface area contributed by atoms with Crippen molar-refractivity contribution in [2.24, 2.45) is 0 Å². The molecule has 0 bridgehead atoms. The molecule has 14 heavy (non-hydrogen) atoms. The second kappa shape index (κ2) is 4.17. The van der Waals surface area contributed by atoms with E-state index in [1.165, 1.54) is 7.11 Å². The lowest BCUT2D eigenvalue weighted by Gasteiger charge is -2.07. The molecule has 1 aromatic carbocycles. The molecule has 76 valence electrons. The summed E-state index contributed by atoms with van der Waals surface area (Å²) < 4.78 is 40.7. The first-order valence-electron chi connectivity index (χ1n) is 3.92. The van der Waals surface area contributed by atoms with Crippen molar-refractivity contribution in [3.05, 3.63) is 42.0 Å². The summed E-state index contributed by atoms with van der Waals surface area (Å²) in [7, 11) is 1.21. The van der Waals surface area contributed by atoms with Crippen LogP contribution >= 0.6 is 0 Å². The molecule has 0 unspecified atom stereocenters. The van der Waals surface area contributed by atoms with Gasteiger partial charge < -0.3 is 4.74 Å². The van der Waals surface area contributed by atoms with Crippen molar-refractivity contribution in [3.63, 3.8) is 0 Å². The summed E-state index contributed by atoms with van der Waals surface area (Å²) in [6, 6.07) is 8.14. The van der Waals surface area contributed by atoms with Gasteiger partial charge >= 0.3 is 6.18 Å². The minimum Gasteiger partial charge on any atom is -0.496 e. The molecule has 0 aliphatic carbocycles. The maximum atomic E-state index is 12.0. The van der Waals surface area contributed by atoms with E-state index in [0.29, 0.717) is 5.56 Å². The molecular formula is C10H9F3O. The lowest BCUT2D eigenvalue weighted by atomic mass is 10.2. The van der Waals surface area contributed by atoms with Crippen LogP contribution in [0.3, 0.4) is 0 Å². The number of alkyl halides is 3. The first kappa shape index (κ1) is 10.6. The highest BCUT2D eigenvalue weighted by atomic mass is 19.4. The summed E-state index contributed by atoms with van der Waals surface area (Å²) >= 11 is 0. The Bertz CT molecular complexity index is 314. The van der Waals surface area contributed by atoms with Gasteiger partial charge in [0, 0.05) is 5.56 Å². The molecule has 0 N–H and O–H groups in total. The fraction of sp³-hybridized carbons (Fsp3) is 0.200. The van der Waals surface area contributed by atoms with Gasteiger partial charge in [-0.05, 0) is 0 Å². The van der Waals surface area contributed by atoms with Gasteiger partial charge in [0.05, 0.1) is 13.2 Å². The van der Waals surface area contributed by atoms with E-state index in [0.717, 1.165) is 0 Å². The molecule has 1 nitrogen and oxygen atoms in total. The fourth-order valence-corrected chi connectivity index (χ4v) is 1.01. The number of benzene rings is 1. The van der Waals surface area contributed by atoms with Crippen molar-refractivity contribution in [2.45, 2.75) is 6.18 Å². The molecule has 0 fully saturated rings. The van der Waals surface area contributed by atoms with Crippen LogP contribution in [0, 0.1) is 0 Å². The van der Waals surface area contributed by atoms with Crippen LogP contribution in [0.25, 0.3) is 5.76 Å². The lowest BCUT2D eigenvalue weighted by Crippen LogP contribution is -2.04. The Kier molecular flexibility index (Phi) is 3.17. The van der Waals surface area contributed by atoms with Crippen molar-refractivity contribution < 1.29 is 17.9 Å². The van der Waals surface area contributed by atoms with Crippen molar-refractivity contribution in [1.29, 1.82) is 0 Å². The molecule has 0 saturated heterocycles. The van der Waals surface area contributed by atoms with Crippen LogP contribution in [0.2, 0.25) is 0 Å².